The zero-order chi connectivity index (χ0) is 10.1. The first-order valence-electron chi connectivity index (χ1n) is 4.12. The van der Waals surface area contributed by atoms with E-state index in [-0.39, 0.29) is 5.25 Å². The maximum absolute atomic E-state index is 10.7. The van der Waals surface area contributed by atoms with Gasteiger partial charge in [-0.05, 0) is 12.2 Å². The average Bonchev–Trinajstić information content (AvgIpc) is 2.10. The van der Waals surface area contributed by atoms with E-state index >= 15 is 0 Å². The van der Waals surface area contributed by atoms with Gasteiger partial charge in [-0.15, -0.1) is 23.5 Å². The normalized spacial score (nSPS) is 12.4. The lowest BCUT2D eigenvalue weighted by Crippen LogP contribution is -2.19. The molecule has 0 rings (SSSR count). The summed E-state index contributed by atoms with van der Waals surface area (Å²) in [4.78, 5) is 10.7. The van der Waals surface area contributed by atoms with Crippen molar-refractivity contribution in [3.8, 4) is 0 Å². The van der Waals surface area contributed by atoms with Crippen molar-refractivity contribution >= 4 is 46.4 Å². The van der Waals surface area contributed by atoms with Gasteiger partial charge < -0.3 is 5.11 Å². The van der Waals surface area contributed by atoms with Crippen molar-refractivity contribution in [3.05, 3.63) is 0 Å². The lowest BCUT2D eigenvalue weighted by atomic mass is 10.4. The minimum absolute atomic E-state index is 0.309. The van der Waals surface area contributed by atoms with Gasteiger partial charge in [-0.3, -0.25) is 4.79 Å². The Labute approximate surface area is 92.9 Å². The zero-order valence-corrected chi connectivity index (χ0v) is 10.0. The van der Waals surface area contributed by atoms with Gasteiger partial charge in [0.05, 0.1) is 0 Å². The summed E-state index contributed by atoms with van der Waals surface area (Å²) in [6.07, 6.45) is 2.19. The second-order valence-corrected chi connectivity index (χ2v) is 5.23. The van der Waals surface area contributed by atoms with E-state index in [9.17, 15) is 4.79 Å². The predicted octanol–water partition coefficient (Wildman–Crippen LogP) is 2.66. The minimum Gasteiger partial charge on any atom is -0.480 e. The molecule has 0 bridgehead atoms. The Morgan fingerprint density at radius 2 is 2.38 bits per heavy atom. The number of rotatable bonds is 8. The fourth-order valence-electron chi connectivity index (χ4n) is 0.687. The molecular formula is C8H14O2S3. The van der Waals surface area contributed by atoms with E-state index in [0.717, 1.165) is 18.6 Å². The largest absolute Gasteiger partial charge is 0.480 e. The van der Waals surface area contributed by atoms with Crippen molar-refractivity contribution in [1.82, 2.24) is 0 Å². The van der Waals surface area contributed by atoms with Gasteiger partial charge in [-0.1, -0.05) is 25.6 Å². The molecule has 0 aromatic rings. The predicted molar refractivity (Wildman–Crippen MR) is 64.9 cm³/mol. The summed E-state index contributed by atoms with van der Waals surface area (Å²) in [6.45, 7) is 2.10. The van der Waals surface area contributed by atoms with E-state index in [1.165, 1.54) is 28.2 Å². The molecule has 76 valence electrons. The lowest BCUT2D eigenvalue weighted by Gasteiger charge is -2.09. The first kappa shape index (κ1) is 13.3. The maximum Gasteiger partial charge on any atom is 0.317 e. The third-order valence-electron chi connectivity index (χ3n) is 1.41. The van der Waals surface area contributed by atoms with Gasteiger partial charge in [0.15, 0.2) is 0 Å². The van der Waals surface area contributed by atoms with Crippen LogP contribution in [-0.4, -0.2) is 32.5 Å². The molecule has 1 atom stereocenters. The van der Waals surface area contributed by atoms with Gasteiger partial charge in [0, 0.05) is 10.5 Å². The Morgan fingerprint density at radius 3 is 2.85 bits per heavy atom. The van der Waals surface area contributed by atoms with Gasteiger partial charge in [0.25, 0.3) is 0 Å². The van der Waals surface area contributed by atoms with Crippen LogP contribution in [0.5, 0.6) is 0 Å². The van der Waals surface area contributed by atoms with Gasteiger partial charge in [0.2, 0.25) is 0 Å². The SMILES string of the molecule is CCCCSC(CSC=S)C(=O)O. The van der Waals surface area contributed by atoms with Crippen molar-refractivity contribution in [1.29, 1.82) is 0 Å². The van der Waals surface area contributed by atoms with Crippen LogP contribution in [0.2, 0.25) is 0 Å². The summed E-state index contributed by atoms with van der Waals surface area (Å²) in [5.41, 5.74) is 0. The summed E-state index contributed by atoms with van der Waals surface area (Å²) in [5, 5.41) is 8.51. The molecule has 0 aromatic carbocycles. The van der Waals surface area contributed by atoms with E-state index in [1.807, 2.05) is 0 Å². The average molecular weight is 238 g/mol. The molecule has 0 amide bonds. The topological polar surface area (TPSA) is 37.3 Å². The molecule has 5 heteroatoms. The molecule has 0 fully saturated rings. The van der Waals surface area contributed by atoms with Crippen LogP contribution < -0.4 is 0 Å². The Balaban J connectivity index is 3.66. The molecule has 13 heavy (non-hydrogen) atoms. The molecule has 0 aromatic heterocycles. The monoisotopic (exact) mass is 238 g/mol. The van der Waals surface area contributed by atoms with Crippen LogP contribution in [-0.2, 0) is 4.79 Å². The number of hydrogen-bond acceptors (Lipinski definition) is 4. The Hall–Kier alpha value is 0.260. The Morgan fingerprint density at radius 1 is 1.69 bits per heavy atom. The molecule has 1 N–H and O–H groups in total. The molecule has 0 spiro atoms. The summed E-state index contributed by atoms with van der Waals surface area (Å²) in [6, 6.07) is 0. The van der Waals surface area contributed by atoms with E-state index in [4.69, 9.17) is 5.11 Å². The molecule has 0 aliphatic rings. The maximum atomic E-state index is 10.7. The molecule has 0 radical (unpaired) electrons. The number of unbranched alkanes of at least 4 members (excludes halogenated alkanes) is 1. The number of hydrogen-bond donors (Lipinski definition) is 1. The zero-order valence-electron chi connectivity index (χ0n) is 7.56. The Kier molecular flexibility index (Phi) is 9.02. The molecule has 0 aliphatic heterocycles. The van der Waals surface area contributed by atoms with Crippen LogP contribution in [0.3, 0.4) is 0 Å². The number of carboxylic acid groups (broad SMARTS) is 1. The van der Waals surface area contributed by atoms with E-state index in [0.29, 0.717) is 5.75 Å². The fourth-order valence-corrected chi connectivity index (χ4v) is 2.82. The summed E-state index contributed by atoms with van der Waals surface area (Å²) >= 11 is 7.53. The van der Waals surface area contributed by atoms with E-state index < -0.39 is 5.97 Å². The second kappa shape index (κ2) is 8.84. The van der Waals surface area contributed by atoms with E-state index in [2.05, 4.69) is 19.1 Å². The molecular weight excluding hydrogens is 224 g/mol. The first-order valence-corrected chi connectivity index (χ1v) is 6.69. The fraction of sp³-hybridized carbons (Fsp3) is 0.750. The number of thioether (sulfide) groups is 2. The van der Waals surface area contributed by atoms with Crippen molar-refractivity contribution < 1.29 is 9.90 Å². The van der Waals surface area contributed by atoms with Crippen LogP contribution in [0, 0.1) is 0 Å². The minimum atomic E-state index is -0.731. The van der Waals surface area contributed by atoms with Gasteiger partial charge >= 0.3 is 5.97 Å². The third-order valence-corrected chi connectivity index (χ3v) is 3.98. The third kappa shape index (κ3) is 7.34. The quantitative estimate of drug-likeness (QED) is 0.520. The number of thiocarbonyl (C=S) groups is 1. The molecule has 1 unspecified atom stereocenters. The number of aliphatic carboxylic acids is 1. The molecule has 0 aliphatic carbocycles. The number of carboxylic acids is 1. The smallest absolute Gasteiger partial charge is 0.317 e. The summed E-state index contributed by atoms with van der Waals surface area (Å²) < 4.78 is 1.52. The van der Waals surface area contributed by atoms with Crippen LogP contribution in [0.15, 0.2) is 0 Å². The highest BCUT2D eigenvalue weighted by Crippen LogP contribution is 2.17. The van der Waals surface area contributed by atoms with Gasteiger partial charge in [-0.25, -0.2) is 0 Å². The first-order chi connectivity index (χ1) is 6.22. The van der Waals surface area contributed by atoms with E-state index in [1.54, 1.807) is 0 Å². The highest BCUT2D eigenvalue weighted by atomic mass is 32.2. The highest BCUT2D eigenvalue weighted by molar-refractivity contribution is 8.21. The van der Waals surface area contributed by atoms with Crippen LogP contribution in [0.1, 0.15) is 19.8 Å². The summed E-state index contributed by atoms with van der Waals surface area (Å²) in [7, 11) is 0. The number of carbonyl (C=O) groups is 1. The van der Waals surface area contributed by atoms with Crippen molar-refractivity contribution in [2.24, 2.45) is 0 Å². The standard InChI is InChI=1S/C8H14O2S3/c1-2-3-4-13-7(8(9)10)5-12-6-11/h6-7H,2-5H2,1H3,(H,9,10). The van der Waals surface area contributed by atoms with Crippen LogP contribution >= 0.6 is 35.7 Å². The summed E-state index contributed by atoms with van der Waals surface area (Å²) in [5.74, 6) is 0.768. The van der Waals surface area contributed by atoms with Gasteiger partial charge in [0.1, 0.15) is 5.25 Å². The van der Waals surface area contributed by atoms with Crippen LogP contribution in [0.4, 0.5) is 0 Å². The second-order valence-electron chi connectivity index (χ2n) is 2.48. The van der Waals surface area contributed by atoms with Crippen molar-refractivity contribution in [2.75, 3.05) is 11.5 Å². The molecule has 2 nitrogen and oxygen atoms in total. The van der Waals surface area contributed by atoms with Crippen molar-refractivity contribution in [3.63, 3.8) is 0 Å². The lowest BCUT2D eigenvalue weighted by molar-refractivity contribution is -0.135. The molecule has 0 saturated heterocycles. The van der Waals surface area contributed by atoms with Crippen molar-refractivity contribution in [2.45, 2.75) is 25.0 Å². The van der Waals surface area contributed by atoms with Crippen LogP contribution in [0.25, 0.3) is 0 Å². The molecule has 0 saturated carbocycles. The molecule has 0 heterocycles. The Bertz CT molecular complexity index is 161. The van der Waals surface area contributed by atoms with Gasteiger partial charge in [-0.2, -0.15) is 0 Å². The highest BCUT2D eigenvalue weighted by Gasteiger charge is 2.16.